The highest BCUT2D eigenvalue weighted by Gasteiger charge is 2.31. The van der Waals surface area contributed by atoms with Crippen molar-refractivity contribution in [3.05, 3.63) is 4.88 Å². The summed E-state index contributed by atoms with van der Waals surface area (Å²) in [4.78, 5) is 13.9. The van der Waals surface area contributed by atoms with Crippen LogP contribution in [-0.2, 0) is 9.84 Å². The van der Waals surface area contributed by atoms with E-state index in [9.17, 15) is 18.3 Å². The second kappa shape index (κ2) is 5.94. The molecule has 0 aromatic carbocycles. The molecule has 0 atom stereocenters. The molecule has 0 saturated carbocycles. The van der Waals surface area contributed by atoms with Gasteiger partial charge < -0.3 is 15.7 Å². The molecule has 1 fully saturated rings. The minimum Gasteiger partial charge on any atom is -0.396 e. The van der Waals surface area contributed by atoms with Crippen molar-refractivity contribution in [3.8, 4) is 0 Å². The summed E-state index contributed by atoms with van der Waals surface area (Å²) in [5.74, 6) is -0.289. The number of hydrogen-bond donors (Lipinski definition) is 2. The highest BCUT2D eigenvalue weighted by atomic mass is 32.2. The molecule has 0 aliphatic carbocycles. The summed E-state index contributed by atoms with van der Waals surface area (Å²) < 4.78 is 24.6. The molecule has 0 unspecified atom stereocenters. The van der Waals surface area contributed by atoms with Crippen LogP contribution in [-0.4, -0.2) is 44.3 Å². The van der Waals surface area contributed by atoms with Crippen molar-refractivity contribution in [1.82, 2.24) is 0 Å². The van der Waals surface area contributed by atoms with E-state index in [1.54, 1.807) is 6.92 Å². The van der Waals surface area contributed by atoms with Gasteiger partial charge in [0.2, 0.25) is 0 Å². The van der Waals surface area contributed by atoms with Crippen LogP contribution in [0.25, 0.3) is 0 Å². The summed E-state index contributed by atoms with van der Waals surface area (Å²) >= 11 is 1.13. The molecular formula is C13H20N2O4S2. The fraction of sp³-hybridized carbons (Fsp3) is 0.615. The van der Waals surface area contributed by atoms with Gasteiger partial charge in [0, 0.05) is 20.0 Å². The van der Waals surface area contributed by atoms with Crippen LogP contribution in [0.3, 0.4) is 0 Å². The van der Waals surface area contributed by atoms with E-state index in [0.29, 0.717) is 35.8 Å². The van der Waals surface area contributed by atoms with E-state index in [1.807, 2.05) is 4.90 Å². The molecule has 1 saturated heterocycles. The van der Waals surface area contributed by atoms with Gasteiger partial charge in [-0.3, -0.25) is 4.79 Å². The van der Waals surface area contributed by atoms with E-state index >= 15 is 0 Å². The van der Waals surface area contributed by atoms with Gasteiger partial charge in [0.25, 0.3) is 0 Å². The Bertz CT molecular complexity index is 643. The van der Waals surface area contributed by atoms with Gasteiger partial charge in [-0.2, -0.15) is 0 Å². The maximum Gasteiger partial charge on any atom is 0.183 e. The molecule has 3 N–H and O–H groups in total. The molecule has 2 rings (SSSR count). The Labute approximate surface area is 128 Å². The molecule has 0 radical (unpaired) electrons. The predicted octanol–water partition coefficient (Wildman–Crippen LogP) is 1.29. The minimum absolute atomic E-state index is 0.0608. The third-order valence-corrected chi connectivity index (χ3v) is 6.94. The van der Waals surface area contributed by atoms with E-state index in [-0.39, 0.29) is 28.2 Å². The zero-order chi connectivity index (χ0) is 15.8. The minimum atomic E-state index is -3.51. The van der Waals surface area contributed by atoms with Gasteiger partial charge in [-0.15, -0.1) is 11.3 Å². The molecule has 0 bridgehead atoms. The summed E-state index contributed by atoms with van der Waals surface area (Å²) in [5.41, 5.74) is 6.00. The van der Waals surface area contributed by atoms with Crippen LogP contribution in [0.1, 0.15) is 36.4 Å². The van der Waals surface area contributed by atoms with Crippen LogP contribution in [0.2, 0.25) is 0 Å². The molecule has 0 spiro atoms. The van der Waals surface area contributed by atoms with Gasteiger partial charge >= 0.3 is 0 Å². The SMILES string of the molecule is CCS(=O)(=O)c1c(N2CCC(O)CC2)sc(C(C)=O)c1N. The third-order valence-electron chi connectivity index (χ3n) is 3.64. The summed E-state index contributed by atoms with van der Waals surface area (Å²) in [6.07, 6.45) is 0.814. The van der Waals surface area contributed by atoms with Crippen molar-refractivity contribution in [2.24, 2.45) is 0 Å². The predicted molar refractivity (Wildman–Crippen MR) is 83.9 cm³/mol. The molecular weight excluding hydrogens is 312 g/mol. The highest BCUT2D eigenvalue weighted by Crippen LogP contribution is 2.43. The van der Waals surface area contributed by atoms with Gasteiger partial charge in [-0.25, -0.2) is 8.42 Å². The summed E-state index contributed by atoms with van der Waals surface area (Å²) in [6.45, 7) is 4.06. The van der Waals surface area contributed by atoms with Crippen molar-refractivity contribution in [3.63, 3.8) is 0 Å². The van der Waals surface area contributed by atoms with Crippen LogP contribution >= 0.6 is 11.3 Å². The van der Waals surface area contributed by atoms with Crippen LogP contribution in [0.5, 0.6) is 0 Å². The second-order valence-corrected chi connectivity index (χ2v) is 8.37. The topological polar surface area (TPSA) is 101 Å². The number of Topliss-reactive ketones (excluding diaryl/α,β-unsaturated/α-hetero) is 1. The number of thiophene rings is 1. The number of carbonyl (C=O) groups is 1. The average Bonchev–Trinajstić information content (AvgIpc) is 2.78. The van der Waals surface area contributed by atoms with Gasteiger partial charge in [-0.1, -0.05) is 6.92 Å². The highest BCUT2D eigenvalue weighted by molar-refractivity contribution is 7.92. The summed E-state index contributed by atoms with van der Waals surface area (Å²) in [5, 5.41) is 10.1. The van der Waals surface area contributed by atoms with E-state index in [2.05, 4.69) is 0 Å². The molecule has 0 amide bonds. The van der Waals surface area contributed by atoms with Gasteiger partial charge in [0.1, 0.15) is 9.90 Å². The maximum absolute atomic E-state index is 12.3. The number of rotatable bonds is 4. The molecule has 8 heteroatoms. The third kappa shape index (κ3) is 3.07. The quantitative estimate of drug-likeness (QED) is 0.806. The van der Waals surface area contributed by atoms with Crippen molar-refractivity contribution in [2.45, 2.75) is 37.7 Å². The standard InChI is InChI=1S/C13H20N2O4S2/c1-3-21(18,19)12-10(14)11(8(2)16)20-13(12)15-6-4-9(17)5-7-15/h9,17H,3-7,14H2,1-2H3. The van der Waals surface area contributed by atoms with Crippen molar-refractivity contribution < 1.29 is 18.3 Å². The number of aliphatic hydroxyl groups is 1. The number of ketones is 1. The fourth-order valence-electron chi connectivity index (χ4n) is 2.40. The van der Waals surface area contributed by atoms with Crippen LogP contribution in [0.15, 0.2) is 4.90 Å². The molecule has 1 aromatic rings. The number of piperidine rings is 1. The smallest absolute Gasteiger partial charge is 0.183 e. The van der Waals surface area contributed by atoms with Crippen LogP contribution < -0.4 is 10.6 Å². The number of sulfone groups is 1. The van der Waals surface area contributed by atoms with E-state index in [4.69, 9.17) is 5.73 Å². The van der Waals surface area contributed by atoms with E-state index in [1.165, 1.54) is 6.92 Å². The van der Waals surface area contributed by atoms with Crippen molar-refractivity contribution in [2.75, 3.05) is 29.5 Å². The average molecular weight is 332 g/mol. The largest absolute Gasteiger partial charge is 0.396 e. The molecule has 6 nitrogen and oxygen atoms in total. The molecule has 1 aromatic heterocycles. The Morgan fingerprint density at radius 2 is 2.00 bits per heavy atom. The Balaban J connectivity index is 2.54. The first kappa shape index (κ1) is 16.3. The molecule has 21 heavy (non-hydrogen) atoms. The first-order valence-corrected chi connectivity index (χ1v) is 9.33. The number of hydrogen-bond acceptors (Lipinski definition) is 7. The lowest BCUT2D eigenvalue weighted by Gasteiger charge is -2.31. The number of nitrogens with two attached hydrogens (primary N) is 1. The zero-order valence-electron chi connectivity index (χ0n) is 12.1. The maximum atomic E-state index is 12.3. The van der Waals surface area contributed by atoms with E-state index in [0.717, 1.165) is 11.3 Å². The number of anilines is 2. The Kier molecular flexibility index (Phi) is 4.60. The molecule has 118 valence electrons. The van der Waals surface area contributed by atoms with Crippen LogP contribution in [0.4, 0.5) is 10.7 Å². The number of aliphatic hydroxyl groups excluding tert-OH is 1. The summed E-state index contributed by atoms with van der Waals surface area (Å²) in [7, 11) is -3.51. The van der Waals surface area contributed by atoms with Gasteiger partial charge in [0.15, 0.2) is 15.6 Å². The van der Waals surface area contributed by atoms with Crippen molar-refractivity contribution >= 4 is 37.6 Å². The van der Waals surface area contributed by atoms with E-state index < -0.39 is 9.84 Å². The van der Waals surface area contributed by atoms with Gasteiger partial charge in [0.05, 0.1) is 22.4 Å². The molecule has 1 aliphatic rings. The fourth-order valence-corrected chi connectivity index (χ4v) is 5.15. The normalized spacial score (nSPS) is 17.2. The Hall–Kier alpha value is -1.12. The Morgan fingerprint density at radius 1 is 1.43 bits per heavy atom. The lowest BCUT2D eigenvalue weighted by Crippen LogP contribution is -2.36. The van der Waals surface area contributed by atoms with Gasteiger partial charge in [-0.05, 0) is 12.8 Å². The second-order valence-electron chi connectivity index (χ2n) is 5.16. The Morgan fingerprint density at radius 3 is 2.48 bits per heavy atom. The first-order valence-electron chi connectivity index (χ1n) is 6.87. The number of nitrogens with zero attached hydrogens (tertiary/aromatic N) is 1. The molecule has 2 heterocycles. The molecule has 1 aliphatic heterocycles. The number of carbonyl (C=O) groups excluding carboxylic acids is 1. The monoisotopic (exact) mass is 332 g/mol. The zero-order valence-corrected chi connectivity index (χ0v) is 13.8. The lowest BCUT2D eigenvalue weighted by molar-refractivity contribution is 0.102. The summed E-state index contributed by atoms with van der Waals surface area (Å²) in [6, 6.07) is 0. The lowest BCUT2D eigenvalue weighted by atomic mass is 10.1. The number of nitrogen functional groups attached to an aromatic ring is 1. The first-order chi connectivity index (χ1) is 9.77. The van der Waals surface area contributed by atoms with Crippen LogP contribution in [0, 0.1) is 0 Å². The van der Waals surface area contributed by atoms with Crippen molar-refractivity contribution in [1.29, 1.82) is 0 Å².